The third kappa shape index (κ3) is 4.34. The van der Waals surface area contributed by atoms with Gasteiger partial charge < -0.3 is 10.6 Å². The molecule has 0 atom stereocenters. The highest BCUT2D eigenvalue weighted by Gasteiger charge is 2.08. The van der Waals surface area contributed by atoms with E-state index in [0.717, 1.165) is 11.4 Å². The van der Waals surface area contributed by atoms with E-state index in [1.807, 2.05) is 6.07 Å². The fourth-order valence-corrected chi connectivity index (χ4v) is 2.29. The standard InChI is InChI=1S/C19H13ClN4O/c20-14-4-6-15(7-5-14)24-19(25)18-9-8-17(12-22-18)23-16-3-1-2-13(10-16)11-21/h1-10,12,23H,(H,24,25). The zero-order valence-corrected chi connectivity index (χ0v) is 13.8. The largest absolute Gasteiger partial charge is 0.354 e. The van der Waals surface area contributed by atoms with E-state index in [9.17, 15) is 4.79 Å². The molecule has 3 rings (SSSR count). The fourth-order valence-electron chi connectivity index (χ4n) is 2.16. The Kier molecular flexibility index (Phi) is 4.93. The van der Waals surface area contributed by atoms with Gasteiger partial charge >= 0.3 is 0 Å². The summed E-state index contributed by atoms with van der Waals surface area (Å²) in [6, 6.07) is 19.4. The van der Waals surface area contributed by atoms with Crippen molar-refractivity contribution in [3.63, 3.8) is 0 Å². The van der Waals surface area contributed by atoms with Gasteiger partial charge in [0.25, 0.3) is 5.91 Å². The lowest BCUT2D eigenvalue weighted by molar-refractivity contribution is 0.102. The van der Waals surface area contributed by atoms with E-state index < -0.39 is 0 Å². The summed E-state index contributed by atoms with van der Waals surface area (Å²) >= 11 is 5.82. The van der Waals surface area contributed by atoms with Crippen molar-refractivity contribution in [1.29, 1.82) is 5.26 Å². The van der Waals surface area contributed by atoms with Gasteiger partial charge in [0.05, 0.1) is 23.5 Å². The van der Waals surface area contributed by atoms with E-state index in [4.69, 9.17) is 16.9 Å². The van der Waals surface area contributed by atoms with Crippen LogP contribution in [0.2, 0.25) is 5.02 Å². The van der Waals surface area contributed by atoms with Crippen molar-refractivity contribution in [3.05, 3.63) is 83.1 Å². The number of aromatic nitrogens is 1. The SMILES string of the molecule is N#Cc1cccc(Nc2ccc(C(=O)Nc3ccc(Cl)cc3)nc2)c1. The third-order valence-corrected chi connectivity index (χ3v) is 3.63. The molecule has 0 bridgehead atoms. The average molecular weight is 349 g/mol. The van der Waals surface area contributed by atoms with Crippen LogP contribution < -0.4 is 10.6 Å². The number of hydrogen-bond acceptors (Lipinski definition) is 4. The van der Waals surface area contributed by atoms with Gasteiger partial charge in [0.1, 0.15) is 5.69 Å². The van der Waals surface area contributed by atoms with Gasteiger partial charge in [-0.25, -0.2) is 4.98 Å². The van der Waals surface area contributed by atoms with Gasteiger partial charge in [0.15, 0.2) is 0 Å². The predicted molar refractivity (Wildman–Crippen MR) is 98.1 cm³/mol. The summed E-state index contributed by atoms with van der Waals surface area (Å²) in [5.41, 5.74) is 3.01. The summed E-state index contributed by atoms with van der Waals surface area (Å²) in [7, 11) is 0. The van der Waals surface area contributed by atoms with Crippen molar-refractivity contribution in [2.45, 2.75) is 0 Å². The second-order valence-corrected chi connectivity index (χ2v) is 5.65. The molecule has 122 valence electrons. The van der Waals surface area contributed by atoms with Crippen LogP contribution in [0.1, 0.15) is 16.1 Å². The molecular formula is C19H13ClN4O. The van der Waals surface area contributed by atoms with Gasteiger partial charge in [-0.3, -0.25) is 4.79 Å². The quantitative estimate of drug-likeness (QED) is 0.722. The minimum Gasteiger partial charge on any atom is -0.354 e. The van der Waals surface area contributed by atoms with E-state index in [2.05, 4.69) is 21.7 Å². The zero-order valence-electron chi connectivity index (χ0n) is 13.0. The van der Waals surface area contributed by atoms with Crippen LogP contribution in [0.25, 0.3) is 0 Å². The van der Waals surface area contributed by atoms with E-state index in [1.54, 1.807) is 60.8 Å². The number of carbonyl (C=O) groups excluding carboxylic acids is 1. The van der Waals surface area contributed by atoms with Gasteiger partial charge in [-0.2, -0.15) is 5.26 Å². The zero-order chi connectivity index (χ0) is 17.6. The molecule has 0 radical (unpaired) electrons. The van der Waals surface area contributed by atoms with Crippen molar-refractivity contribution < 1.29 is 4.79 Å². The van der Waals surface area contributed by atoms with Crippen molar-refractivity contribution in [2.24, 2.45) is 0 Å². The van der Waals surface area contributed by atoms with Crippen LogP contribution in [-0.2, 0) is 0 Å². The second kappa shape index (κ2) is 7.47. The molecule has 0 fully saturated rings. The first-order valence-corrected chi connectivity index (χ1v) is 7.82. The van der Waals surface area contributed by atoms with Crippen molar-refractivity contribution in [2.75, 3.05) is 10.6 Å². The first kappa shape index (κ1) is 16.5. The van der Waals surface area contributed by atoms with Gasteiger partial charge in [0, 0.05) is 16.4 Å². The smallest absolute Gasteiger partial charge is 0.274 e. The number of nitrogens with zero attached hydrogens (tertiary/aromatic N) is 2. The highest BCUT2D eigenvalue weighted by molar-refractivity contribution is 6.30. The van der Waals surface area contributed by atoms with Crippen LogP contribution >= 0.6 is 11.6 Å². The molecule has 1 amide bonds. The summed E-state index contributed by atoms with van der Waals surface area (Å²) in [6.07, 6.45) is 1.57. The van der Waals surface area contributed by atoms with Crippen LogP contribution in [0.3, 0.4) is 0 Å². The molecule has 0 aliphatic carbocycles. The Bertz CT molecular complexity index is 931. The van der Waals surface area contributed by atoms with Gasteiger partial charge in [-0.1, -0.05) is 17.7 Å². The normalized spacial score (nSPS) is 9.92. The number of nitriles is 1. The van der Waals surface area contributed by atoms with E-state index >= 15 is 0 Å². The Morgan fingerprint density at radius 2 is 1.76 bits per heavy atom. The lowest BCUT2D eigenvalue weighted by Crippen LogP contribution is -2.13. The van der Waals surface area contributed by atoms with Crippen molar-refractivity contribution in [3.8, 4) is 6.07 Å². The molecule has 1 aromatic heterocycles. The highest BCUT2D eigenvalue weighted by Crippen LogP contribution is 2.18. The number of nitrogens with one attached hydrogen (secondary N) is 2. The van der Waals surface area contributed by atoms with Crippen LogP contribution in [0, 0.1) is 11.3 Å². The third-order valence-electron chi connectivity index (χ3n) is 3.38. The maximum atomic E-state index is 12.2. The lowest BCUT2D eigenvalue weighted by atomic mass is 10.2. The number of carbonyl (C=O) groups is 1. The van der Waals surface area contributed by atoms with Crippen LogP contribution in [0.4, 0.5) is 17.1 Å². The Morgan fingerprint density at radius 3 is 2.44 bits per heavy atom. The van der Waals surface area contributed by atoms with Gasteiger partial charge in [-0.05, 0) is 54.6 Å². The number of hydrogen-bond donors (Lipinski definition) is 2. The average Bonchev–Trinajstić information content (AvgIpc) is 2.64. The van der Waals surface area contributed by atoms with Gasteiger partial charge in [-0.15, -0.1) is 0 Å². The predicted octanol–water partition coefficient (Wildman–Crippen LogP) is 4.60. The molecule has 0 saturated heterocycles. The second-order valence-electron chi connectivity index (χ2n) is 5.21. The summed E-state index contributed by atoms with van der Waals surface area (Å²) in [6.45, 7) is 0. The highest BCUT2D eigenvalue weighted by atomic mass is 35.5. The number of halogens is 1. The Balaban J connectivity index is 1.68. The first-order valence-electron chi connectivity index (χ1n) is 7.44. The molecule has 3 aromatic rings. The van der Waals surface area contributed by atoms with E-state index in [1.165, 1.54) is 0 Å². The van der Waals surface area contributed by atoms with Crippen molar-refractivity contribution >= 4 is 34.6 Å². The molecule has 0 aliphatic rings. The first-order chi connectivity index (χ1) is 12.1. The Hall–Kier alpha value is -3.36. The molecule has 1 heterocycles. The lowest BCUT2D eigenvalue weighted by Gasteiger charge is -2.08. The fraction of sp³-hybridized carbons (Fsp3) is 0. The Morgan fingerprint density at radius 1 is 1.00 bits per heavy atom. The summed E-state index contributed by atoms with van der Waals surface area (Å²) in [5, 5.41) is 15.4. The summed E-state index contributed by atoms with van der Waals surface area (Å²) < 4.78 is 0. The molecule has 6 heteroatoms. The molecule has 5 nitrogen and oxygen atoms in total. The molecule has 0 aliphatic heterocycles. The number of rotatable bonds is 4. The summed E-state index contributed by atoms with van der Waals surface area (Å²) in [4.78, 5) is 16.4. The maximum Gasteiger partial charge on any atom is 0.274 e. The number of pyridine rings is 1. The van der Waals surface area contributed by atoms with Crippen LogP contribution in [-0.4, -0.2) is 10.9 Å². The molecule has 0 saturated carbocycles. The van der Waals surface area contributed by atoms with E-state index in [-0.39, 0.29) is 5.91 Å². The van der Waals surface area contributed by atoms with Crippen molar-refractivity contribution in [1.82, 2.24) is 4.98 Å². The Labute approximate surface area is 149 Å². The number of anilines is 3. The topological polar surface area (TPSA) is 77.8 Å². The minimum atomic E-state index is -0.305. The van der Waals surface area contributed by atoms with E-state index in [0.29, 0.717) is 22.0 Å². The van der Waals surface area contributed by atoms with Gasteiger partial charge in [0.2, 0.25) is 0 Å². The van der Waals surface area contributed by atoms with Crippen LogP contribution in [0.15, 0.2) is 66.9 Å². The molecule has 2 aromatic carbocycles. The molecule has 0 unspecified atom stereocenters. The summed E-state index contributed by atoms with van der Waals surface area (Å²) in [5.74, 6) is -0.305. The molecule has 2 N–H and O–H groups in total. The number of amides is 1. The molecule has 0 spiro atoms. The maximum absolute atomic E-state index is 12.2. The monoisotopic (exact) mass is 348 g/mol. The molecule has 25 heavy (non-hydrogen) atoms. The molecular weight excluding hydrogens is 336 g/mol. The van der Waals surface area contributed by atoms with Crippen LogP contribution in [0.5, 0.6) is 0 Å². The number of benzene rings is 2. The minimum absolute atomic E-state index is 0.297.